The van der Waals surface area contributed by atoms with Gasteiger partial charge in [0.25, 0.3) is 0 Å². The zero-order valence-corrected chi connectivity index (χ0v) is 23.2. The third-order valence-electron chi connectivity index (χ3n) is 7.26. The number of ether oxygens (including phenoxy) is 1. The lowest BCUT2D eigenvalue weighted by Gasteiger charge is -2.39. The molecule has 210 valence electrons. The topological polar surface area (TPSA) is 119 Å². The van der Waals surface area contributed by atoms with E-state index in [0.717, 1.165) is 25.7 Å². The molecule has 10 nitrogen and oxygen atoms in total. The molecule has 1 saturated heterocycles. The SMILES string of the molecule is CC(C)(C)C(NC(=O)C(CC1CCCC1)CN(O)C=O)C(=O)N1CCN(C(=O)Oc2ccc(Cl)cc2)CC1. The second kappa shape index (κ2) is 13.3. The van der Waals surface area contributed by atoms with Crippen molar-refractivity contribution in [2.45, 2.75) is 58.9 Å². The molecule has 2 fully saturated rings. The monoisotopic (exact) mass is 550 g/mol. The molecule has 2 unspecified atom stereocenters. The molecule has 1 aromatic carbocycles. The molecule has 38 heavy (non-hydrogen) atoms. The summed E-state index contributed by atoms with van der Waals surface area (Å²) in [5, 5.41) is 13.8. The highest BCUT2D eigenvalue weighted by Crippen LogP contribution is 2.31. The standard InChI is InChI=1S/C27H39ClN4O6/c1-27(2,3)23(29-24(34)20(17-32(37)18-33)16-19-6-4-5-7-19)25(35)30-12-14-31(15-13-30)26(36)38-22-10-8-21(28)9-11-22/h8-11,18-20,23,37H,4-7,12-17H2,1-3H3,(H,29,34). The molecule has 1 heterocycles. The molecule has 3 rings (SSSR count). The summed E-state index contributed by atoms with van der Waals surface area (Å²) in [5.74, 6) is -0.457. The Morgan fingerprint density at radius 1 is 1.11 bits per heavy atom. The predicted octanol–water partition coefficient (Wildman–Crippen LogP) is 3.56. The van der Waals surface area contributed by atoms with E-state index in [1.807, 2.05) is 20.8 Å². The van der Waals surface area contributed by atoms with E-state index in [-0.39, 0.29) is 18.4 Å². The van der Waals surface area contributed by atoms with Gasteiger partial charge in [0, 0.05) is 31.2 Å². The first-order valence-electron chi connectivity index (χ1n) is 13.2. The fraction of sp³-hybridized carbons (Fsp3) is 0.630. The molecule has 0 spiro atoms. The van der Waals surface area contributed by atoms with Crippen molar-refractivity contribution in [1.82, 2.24) is 20.2 Å². The highest BCUT2D eigenvalue weighted by molar-refractivity contribution is 6.30. The van der Waals surface area contributed by atoms with Crippen LogP contribution in [0.15, 0.2) is 24.3 Å². The Kier molecular flexibility index (Phi) is 10.4. The highest BCUT2D eigenvalue weighted by atomic mass is 35.5. The van der Waals surface area contributed by atoms with Gasteiger partial charge in [0.15, 0.2) is 0 Å². The van der Waals surface area contributed by atoms with Crippen molar-refractivity contribution in [3.8, 4) is 5.75 Å². The van der Waals surface area contributed by atoms with Gasteiger partial charge in [-0.2, -0.15) is 0 Å². The van der Waals surface area contributed by atoms with Crippen molar-refractivity contribution in [1.29, 1.82) is 0 Å². The zero-order valence-electron chi connectivity index (χ0n) is 22.4. The third kappa shape index (κ3) is 8.33. The first-order valence-corrected chi connectivity index (χ1v) is 13.6. The lowest BCUT2D eigenvalue weighted by Crippen LogP contribution is -2.60. The minimum Gasteiger partial charge on any atom is -0.410 e. The normalized spacial score (nSPS) is 18.0. The molecule has 0 radical (unpaired) electrons. The maximum Gasteiger partial charge on any atom is 0.415 e. The average molecular weight is 551 g/mol. The van der Waals surface area contributed by atoms with Gasteiger partial charge < -0.3 is 19.9 Å². The number of carbonyl (C=O) groups excluding carboxylic acids is 4. The van der Waals surface area contributed by atoms with Crippen molar-refractivity contribution >= 4 is 35.9 Å². The summed E-state index contributed by atoms with van der Waals surface area (Å²) in [4.78, 5) is 53.7. The van der Waals surface area contributed by atoms with Crippen molar-refractivity contribution in [2.75, 3.05) is 32.7 Å². The summed E-state index contributed by atoms with van der Waals surface area (Å²) in [6.45, 7) is 6.72. The second-order valence-electron chi connectivity index (χ2n) is 11.3. The quantitative estimate of drug-likeness (QED) is 0.276. The highest BCUT2D eigenvalue weighted by Gasteiger charge is 2.39. The maximum atomic E-state index is 13.6. The molecule has 2 aliphatic rings. The Hall–Kier alpha value is -2.85. The van der Waals surface area contributed by atoms with Crippen LogP contribution in [0.3, 0.4) is 0 Å². The average Bonchev–Trinajstić information content (AvgIpc) is 3.40. The van der Waals surface area contributed by atoms with Gasteiger partial charge in [-0.25, -0.2) is 9.86 Å². The molecule has 11 heteroatoms. The van der Waals surface area contributed by atoms with E-state index < -0.39 is 23.5 Å². The molecule has 1 aliphatic carbocycles. The van der Waals surface area contributed by atoms with Crippen LogP contribution in [-0.4, -0.2) is 83.2 Å². The largest absolute Gasteiger partial charge is 0.415 e. The van der Waals surface area contributed by atoms with Crippen molar-refractivity contribution in [3.63, 3.8) is 0 Å². The Morgan fingerprint density at radius 2 is 1.68 bits per heavy atom. The van der Waals surface area contributed by atoms with Gasteiger partial charge in [-0.3, -0.25) is 19.6 Å². The van der Waals surface area contributed by atoms with Gasteiger partial charge in [0.2, 0.25) is 18.2 Å². The minimum atomic E-state index is -0.808. The summed E-state index contributed by atoms with van der Waals surface area (Å²) in [6, 6.07) is 5.69. The van der Waals surface area contributed by atoms with Gasteiger partial charge >= 0.3 is 6.09 Å². The van der Waals surface area contributed by atoms with Gasteiger partial charge in [-0.1, -0.05) is 58.1 Å². The van der Waals surface area contributed by atoms with Gasteiger partial charge in [-0.15, -0.1) is 0 Å². The van der Waals surface area contributed by atoms with Crippen LogP contribution in [0.5, 0.6) is 5.75 Å². The van der Waals surface area contributed by atoms with Crippen LogP contribution in [0.2, 0.25) is 5.02 Å². The Morgan fingerprint density at radius 3 is 2.24 bits per heavy atom. The van der Waals surface area contributed by atoms with Crippen LogP contribution in [-0.2, 0) is 14.4 Å². The molecule has 1 aromatic rings. The van der Waals surface area contributed by atoms with Crippen molar-refractivity contribution in [3.05, 3.63) is 29.3 Å². The van der Waals surface area contributed by atoms with Gasteiger partial charge in [0.1, 0.15) is 11.8 Å². The van der Waals surface area contributed by atoms with E-state index in [9.17, 15) is 24.4 Å². The predicted molar refractivity (Wildman–Crippen MR) is 142 cm³/mol. The summed E-state index contributed by atoms with van der Waals surface area (Å²) in [7, 11) is 0. The maximum absolute atomic E-state index is 13.6. The molecule has 1 aliphatic heterocycles. The number of piperazine rings is 1. The van der Waals surface area contributed by atoms with Crippen LogP contribution in [0, 0.1) is 17.3 Å². The zero-order chi connectivity index (χ0) is 27.9. The first kappa shape index (κ1) is 29.7. The number of nitrogens with one attached hydrogen (secondary N) is 1. The number of halogens is 1. The number of amides is 4. The third-order valence-corrected chi connectivity index (χ3v) is 7.51. The lowest BCUT2D eigenvalue weighted by atomic mass is 9.84. The molecule has 2 N–H and O–H groups in total. The van der Waals surface area contributed by atoms with E-state index in [0.29, 0.717) is 60.8 Å². The van der Waals surface area contributed by atoms with Gasteiger partial charge in [0.05, 0.1) is 12.5 Å². The Labute approximate surface area is 229 Å². The van der Waals surface area contributed by atoms with E-state index in [1.165, 1.54) is 4.90 Å². The number of hydroxylamine groups is 2. The van der Waals surface area contributed by atoms with E-state index >= 15 is 0 Å². The first-order chi connectivity index (χ1) is 18.0. The summed E-state index contributed by atoms with van der Waals surface area (Å²) in [5.41, 5.74) is -0.584. The number of hydrogen-bond acceptors (Lipinski definition) is 6. The van der Waals surface area contributed by atoms with Crippen LogP contribution < -0.4 is 10.1 Å². The fourth-order valence-electron chi connectivity index (χ4n) is 5.05. The number of benzene rings is 1. The van der Waals surface area contributed by atoms with E-state index in [1.54, 1.807) is 29.2 Å². The van der Waals surface area contributed by atoms with Crippen LogP contribution >= 0.6 is 11.6 Å². The number of rotatable bonds is 9. The molecule has 1 saturated carbocycles. The van der Waals surface area contributed by atoms with Crippen molar-refractivity contribution in [2.24, 2.45) is 17.3 Å². The number of nitrogens with zero attached hydrogens (tertiary/aromatic N) is 3. The molecule has 0 bridgehead atoms. The Bertz CT molecular complexity index is 969. The minimum absolute atomic E-state index is 0.120. The lowest BCUT2D eigenvalue weighted by molar-refractivity contribution is -0.156. The number of hydrogen-bond donors (Lipinski definition) is 2. The summed E-state index contributed by atoms with van der Waals surface area (Å²) >= 11 is 5.87. The van der Waals surface area contributed by atoms with E-state index in [2.05, 4.69) is 5.32 Å². The molecule has 4 amide bonds. The smallest absolute Gasteiger partial charge is 0.410 e. The summed E-state index contributed by atoms with van der Waals surface area (Å²) in [6.07, 6.45) is 4.59. The summed E-state index contributed by atoms with van der Waals surface area (Å²) < 4.78 is 5.40. The van der Waals surface area contributed by atoms with Crippen molar-refractivity contribution < 1.29 is 29.1 Å². The Balaban J connectivity index is 1.61. The molecular weight excluding hydrogens is 512 g/mol. The molecule has 2 atom stereocenters. The van der Waals surface area contributed by atoms with Crippen LogP contribution in [0.1, 0.15) is 52.9 Å². The second-order valence-corrected chi connectivity index (χ2v) is 11.7. The fourth-order valence-corrected chi connectivity index (χ4v) is 5.18. The van der Waals surface area contributed by atoms with Crippen LogP contribution in [0.4, 0.5) is 4.79 Å². The number of carbonyl (C=O) groups is 4. The molecule has 0 aromatic heterocycles. The molecular formula is C27H39ClN4O6. The van der Waals surface area contributed by atoms with E-state index in [4.69, 9.17) is 16.3 Å². The van der Waals surface area contributed by atoms with Gasteiger partial charge in [-0.05, 0) is 42.0 Å². The van der Waals surface area contributed by atoms with Crippen LogP contribution in [0.25, 0.3) is 0 Å².